The van der Waals surface area contributed by atoms with Gasteiger partial charge in [0.2, 0.25) is 0 Å². The normalized spacial score (nSPS) is 25.3. The van der Waals surface area contributed by atoms with Gasteiger partial charge in [-0.1, -0.05) is 176 Å². The van der Waals surface area contributed by atoms with E-state index in [1.807, 2.05) is 200 Å². The van der Waals surface area contributed by atoms with E-state index in [-0.39, 0.29) is 46.2 Å². The second-order valence-corrected chi connectivity index (χ2v) is 18.9. The molecule has 7 aromatic rings. The molecule has 10 rings (SSSR count). The van der Waals surface area contributed by atoms with Crippen LogP contribution in [0.25, 0.3) is 0 Å². The Bertz CT molecular complexity index is 2740. The molecule has 3 aliphatic heterocycles. The Kier molecular flexibility index (Phi) is 19.0. The third-order valence-electron chi connectivity index (χ3n) is 13.7. The summed E-state index contributed by atoms with van der Waals surface area (Å²) in [5.74, 6) is 1.47. The average molecular weight is 1030 g/mol. The minimum Gasteiger partial charge on any atom is -0.497 e. The molecule has 13 heteroatoms. The third-order valence-corrected chi connectivity index (χ3v) is 13.7. The van der Waals surface area contributed by atoms with Crippen LogP contribution in [0.5, 0.6) is 11.5 Å². The van der Waals surface area contributed by atoms with Crippen molar-refractivity contribution in [1.82, 2.24) is 0 Å². The van der Waals surface area contributed by atoms with Crippen molar-refractivity contribution in [3.05, 3.63) is 239 Å². The van der Waals surface area contributed by atoms with Gasteiger partial charge in [-0.15, -0.1) is 0 Å². The van der Waals surface area contributed by atoms with Crippen molar-refractivity contribution in [2.45, 2.75) is 107 Å². The first-order chi connectivity index (χ1) is 37.6. The number of ether oxygens (including phenoxy) is 13. The molecule has 11 atom stereocenters. The molecule has 7 aromatic carbocycles. The lowest BCUT2D eigenvalue weighted by Gasteiger charge is -2.51. The van der Waals surface area contributed by atoms with E-state index in [1.165, 1.54) is 0 Å². The summed E-state index contributed by atoms with van der Waals surface area (Å²) in [5, 5.41) is 0. The molecule has 3 fully saturated rings. The van der Waals surface area contributed by atoms with Gasteiger partial charge >= 0.3 is 0 Å². The van der Waals surface area contributed by atoms with Crippen LogP contribution in [-0.2, 0) is 91.7 Å². The van der Waals surface area contributed by atoms with Crippen LogP contribution in [0.1, 0.15) is 45.2 Å². The van der Waals surface area contributed by atoms with E-state index in [9.17, 15) is 0 Å². The van der Waals surface area contributed by atoms with Crippen LogP contribution in [-0.4, -0.2) is 88.8 Å². The molecule has 13 nitrogen and oxygen atoms in total. The van der Waals surface area contributed by atoms with Gasteiger partial charge in [0.05, 0.1) is 67.1 Å². The lowest BCUT2D eigenvalue weighted by Crippen LogP contribution is -2.67. The summed E-state index contributed by atoms with van der Waals surface area (Å²) >= 11 is 0. The van der Waals surface area contributed by atoms with Crippen LogP contribution >= 0.6 is 0 Å². The highest BCUT2D eigenvalue weighted by atomic mass is 16.8. The summed E-state index contributed by atoms with van der Waals surface area (Å²) in [4.78, 5) is 0. The van der Waals surface area contributed by atoms with Crippen molar-refractivity contribution in [1.29, 1.82) is 0 Å². The Labute approximate surface area is 445 Å². The SMILES string of the molecule is COc1ccc(CO[C@H]2[C@H]3O[C@@H](c4ccccc4)OC[C@H]3O[C@@H](O[C@H]3[C@H](OCc4ccccc4)[C@@H](OCc4ccccc4)[C@@H](OCc4ccccc4)O[C@@H]3COCc3ccccc3)[C@@H]2OCc2ccc(OC)cc2)cc1. The smallest absolute Gasteiger partial charge is 0.187 e. The molecular weight excluding hydrogens is 965 g/mol. The molecule has 396 valence electrons. The van der Waals surface area contributed by atoms with E-state index in [2.05, 4.69) is 0 Å². The molecule has 0 saturated carbocycles. The molecule has 0 bridgehead atoms. The summed E-state index contributed by atoms with van der Waals surface area (Å²) < 4.78 is 87.7. The van der Waals surface area contributed by atoms with Crippen LogP contribution < -0.4 is 9.47 Å². The van der Waals surface area contributed by atoms with Crippen molar-refractivity contribution >= 4 is 0 Å². The monoisotopic (exact) mass is 1030 g/mol. The maximum atomic E-state index is 7.51. The quantitative estimate of drug-likeness (QED) is 0.0572. The minimum atomic E-state index is -1.11. The first kappa shape index (κ1) is 53.1. The lowest BCUT2D eigenvalue weighted by molar-refractivity contribution is -0.398. The van der Waals surface area contributed by atoms with Crippen molar-refractivity contribution in [2.24, 2.45) is 0 Å². The highest BCUT2D eigenvalue weighted by molar-refractivity contribution is 5.28. The second-order valence-electron chi connectivity index (χ2n) is 18.9. The van der Waals surface area contributed by atoms with Gasteiger partial charge in [-0.05, 0) is 57.6 Å². The number of hydrogen-bond donors (Lipinski definition) is 0. The van der Waals surface area contributed by atoms with Gasteiger partial charge in [0, 0.05) is 5.56 Å². The highest BCUT2D eigenvalue weighted by Crippen LogP contribution is 2.40. The number of rotatable bonds is 24. The van der Waals surface area contributed by atoms with E-state index in [1.54, 1.807) is 14.2 Å². The zero-order valence-corrected chi connectivity index (χ0v) is 42.9. The molecule has 0 aromatic heterocycles. The van der Waals surface area contributed by atoms with Gasteiger partial charge in [0.15, 0.2) is 18.9 Å². The van der Waals surface area contributed by atoms with Gasteiger partial charge in [-0.3, -0.25) is 0 Å². The molecular formula is C63H66O13. The number of fused-ring (bicyclic) bond motifs is 1. The second kappa shape index (κ2) is 27.1. The third kappa shape index (κ3) is 14.2. The van der Waals surface area contributed by atoms with Gasteiger partial charge in [-0.2, -0.15) is 0 Å². The minimum absolute atomic E-state index is 0.0971. The number of methoxy groups -OCH3 is 2. The zero-order valence-electron chi connectivity index (χ0n) is 42.9. The van der Waals surface area contributed by atoms with Gasteiger partial charge in [-0.25, -0.2) is 0 Å². The molecule has 76 heavy (non-hydrogen) atoms. The summed E-state index contributed by atoms with van der Waals surface area (Å²) in [7, 11) is 3.29. The van der Waals surface area contributed by atoms with Crippen molar-refractivity contribution < 1.29 is 61.6 Å². The Morgan fingerprint density at radius 1 is 0.382 bits per heavy atom. The number of hydrogen-bond acceptors (Lipinski definition) is 13. The standard InChI is InChI=1S/C63H66O13/c1-64-51-32-28-48(29-33-51)39-68-58-56-54(43-72-61(75-56)50-26-16-7-17-27-50)74-63(60(58)70-40-49-30-34-52(65-2)35-31-49)76-55-53(42-66-36-44-18-8-3-9-19-44)73-62(71-41-47-24-14-6-15-25-47)59(69-38-46-22-12-5-13-23-46)57(55)67-37-45-20-10-4-11-21-45/h3-35,53-63H,36-43H2,1-2H3/t53-,54-,55-,56+,57+,58+,59-,60-,61+,62+,63+/m1/s1. The maximum Gasteiger partial charge on any atom is 0.187 e. The Hall–Kier alpha value is -6.30. The molecule has 0 N–H and O–H groups in total. The Balaban J connectivity index is 1.04. The van der Waals surface area contributed by atoms with Crippen LogP contribution in [0.2, 0.25) is 0 Å². The van der Waals surface area contributed by atoms with Gasteiger partial charge in [0.1, 0.15) is 60.3 Å². The molecule has 0 amide bonds. The zero-order chi connectivity index (χ0) is 51.7. The molecule has 0 spiro atoms. The van der Waals surface area contributed by atoms with Crippen LogP contribution in [0.3, 0.4) is 0 Å². The van der Waals surface area contributed by atoms with Crippen LogP contribution in [0.4, 0.5) is 0 Å². The summed E-state index contributed by atoms with van der Waals surface area (Å²) in [6.07, 6.45) is -9.04. The van der Waals surface area contributed by atoms with E-state index >= 15 is 0 Å². The molecule has 3 saturated heterocycles. The Morgan fingerprint density at radius 3 is 1.30 bits per heavy atom. The average Bonchev–Trinajstić information content (AvgIpc) is 3.53. The van der Waals surface area contributed by atoms with Crippen LogP contribution in [0, 0.1) is 0 Å². The molecule has 0 radical (unpaired) electrons. The molecule has 0 unspecified atom stereocenters. The van der Waals surface area contributed by atoms with Gasteiger partial charge in [0.25, 0.3) is 0 Å². The topological polar surface area (TPSA) is 120 Å². The van der Waals surface area contributed by atoms with E-state index in [0.29, 0.717) is 6.61 Å². The first-order valence-electron chi connectivity index (χ1n) is 25.9. The first-order valence-corrected chi connectivity index (χ1v) is 25.9. The summed E-state index contributed by atoms with van der Waals surface area (Å²) in [5.41, 5.74) is 6.59. The summed E-state index contributed by atoms with van der Waals surface area (Å²) in [6.45, 7) is 1.70. The maximum absolute atomic E-state index is 7.51. The predicted molar refractivity (Wildman–Crippen MR) is 283 cm³/mol. The molecule has 3 heterocycles. The fraction of sp³-hybridized carbons (Fsp3) is 0.333. The largest absolute Gasteiger partial charge is 0.497 e. The van der Waals surface area contributed by atoms with E-state index in [4.69, 9.17) is 61.6 Å². The van der Waals surface area contributed by atoms with E-state index < -0.39 is 67.7 Å². The number of benzene rings is 7. The van der Waals surface area contributed by atoms with Gasteiger partial charge < -0.3 is 61.6 Å². The van der Waals surface area contributed by atoms with E-state index in [0.717, 1.165) is 50.4 Å². The van der Waals surface area contributed by atoms with Crippen molar-refractivity contribution in [2.75, 3.05) is 27.4 Å². The van der Waals surface area contributed by atoms with Crippen molar-refractivity contribution in [3.63, 3.8) is 0 Å². The predicted octanol–water partition coefficient (Wildman–Crippen LogP) is 10.7. The highest BCUT2D eigenvalue weighted by Gasteiger charge is 2.56. The Morgan fingerprint density at radius 2 is 0.803 bits per heavy atom. The summed E-state index contributed by atoms with van der Waals surface area (Å²) in [6, 6.07) is 65.4. The lowest BCUT2D eigenvalue weighted by atomic mass is 9.95. The van der Waals surface area contributed by atoms with Crippen LogP contribution in [0.15, 0.2) is 200 Å². The van der Waals surface area contributed by atoms with Crippen molar-refractivity contribution in [3.8, 4) is 11.5 Å². The molecule has 3 aliphatic rings. The molecule has 0 aliphatic carbocycles. The fourth-order valence-corrected chi connectivity index (χ4v) is 9.61. The fourth-order valence-electron chi connectivity index (χ4n) is 9.61.